The molecule has 158 valence electrons. The van der Waals surface area contributed by atoms with E-state index in [4.69, 9.17) is 4.98 Å². The molecule has 5 nitrogen and oxygen atoms in total. The van der Waals surface area contributed by atoms with Crippen LogP contribution in [0.25, 0.3) is 20.7 Å². The molecule has 0 aliphatic rings. The van der Waals surface area contributed by atoms with Gasteiger partial charge in [-0.15, -0.1) is 17.9 Å². The first kappa shape index (κ1) is 22.3. The van der Waals surface area contributed by atoms with E-state index in [9.17, 15) is 9.59 Å². The van der Waals surface area contributed by atoms with E-state index in [0.717, 1.165) is 16.9 Å². The Bertz CT molecular complexity index is 1120. The van der Waals surface area contributed by atoms with Gasteiger partial charge in [0, 0.05) is 17.0 Å². The third kappa shape index (κ3) is 4.84. The second-order valence-corrected chi connectivity index (χ2v) is 10.1. The molecule has 1 aromatic carbocycles. The van der Waals surface area contributed by atoms with Crippen LogP contribution in [0.1, 0.15) is 34.1 Å². The van der Waals surface area contributed by atoms with Crippen molar-refractivity contribution in [2.75, 3.05) is 0 Å². The van der Waals surface area contributed by atoms with Crippen LogP contribution in [-0.4, -0.2) is 26.2 Å². The molecule has 1 amide bonds. The van der Waals surface area contributed by atoms with Crippen molar-refractivity contribution in [2.45, 2.75) is 56.6 Å². The van der Waals surface area contributed by atoms with Gasteiger partial charge >= 0.3 is 0 Å². The number of hydrogen-bond acceptors (Lipinski definition) is 5. The fourth-order valence-corrected chi connectivity index (χ4v) is 4.85. The van der Waals surface area contributed by atoms with Gasteiger partial charge in [-0.05, 0) is 38.8 Å². The molecule has 3 aromatic rings. The highest BCUT2D eigenvalue weighted by atomic mass is 32.2. The molecule has 0 bridgehead atoms. The maximum absolute atomic E-state index is 13.2. The van der Waals surface area contributed by atoms with Crippen LogP contribution in [0.4, 0.5) is 0 Å². The van der Waals surface area contributed by atoms with Gasteiger partial charge in [-0.1, -0.05) is 55.1 Å². The number of carbonyl (C=O) groups excluding carboxylic acids is 1. The summed E-state index contributed by atoms with van der Waals surface area (Å²) in [5.41, 5.74) is 0.670. The van der Waals surface area contributed by atoms with E-state index in [1.165, 1.54) is 23.1 Å². The Labute approximate surface area is 185 Å². The monoisotopic (exact) mass is 441 g/mol. The number of nitrogens with one attached hydrogen (secondary N) is 1. The summed E-state index contributed by atoms with van der Waals surface area (Å²) in [6, 6.07) is 11.9. The number of rotatable bonds is 8. The summed E-state index contributed by atoms with van der Waals surface area (Å²) >= 11 is 2.79. The zero-order chi connectivity index (χ0) is 21.9. The Morgan fingerprint density at radius 3 is 2.70 bits per heavy atom. The lowest BCUT2D eigenvalue weighted by Gasteiger charge is -2.26. The van der Waals surface area contributed by atoms with E-state index in [0.29, 0.717) is 21.9 Å². The fourth-order valence-electron chi connectivity index (χ4n) is 2.86. The Kier molecular flexibility index (Phi) is 6.83. The maximum Gasteiger partial charge on any atom is 0.263 e. The minimum atomic E-state index is -0.384. The molecule has 0 fully saturated rings. The second-order valence-electron chi connectivity index (χ2n) is 7.78. The summed E-state index contributed by atoms with van der Waals surface area (Å²) in [6.07, 6.45) is 2.51. The number of hydrogen-bond donors (Lipinski definition) is 1. The zero-order valence-electron chi connectivity index (χ0n) is 17.8. The highest BCUT2D eigenvalue weighted by Gasteiger charge is 2.24. The molecule has 2 heterocycles. The number of thiophene rings is 1. The molecule has 1 N–H and O–H groups in total. The van der Waals surface area contributed by atoms with E-state index >= 15 is 0 Å². The first-order valence-corrected chi connectivity index (χ1v) is 11.6. The summed E-state index contributed by atoms with van der Waals surface area (Å²) in [7, 11) is 0. The molecule has 2 aromatic heterocycles. The van der Waals surface area contributed by atoms with E-state index in [1.807, 2.05) is 64.1 Å². The minimum absolute atomic E-state index is 0.0671. The molecule has 0 radical (unpaired) electrons. The van der Waals surface area contributed by atoms with Crippen molar-refractivity contribution in [3.05, 3.63) is 59.4 Å². The molecule has 1 atom stereocenters. The number of amides is 1. The van der Waals surface area contributed by atoms with Crippen LogP contribution in [-0.2, 0) is 11.3 Å². The van der Waals surface area contributed by atoms with Crippen molar-refractivity contribution in [1.82, 2.24) is 14.9 Å². The first-order chi connectivity index (χ1) is 14.3. The van der Waals surface area contributed by atoms with E-state index < -0.39 is 0 Å². The summed E-state index contributed by atoms with van der Waals surface area (Å²) in [5.74, 6) is -0.0671. The van der Waals surface area contributed by atoms with Crippen LogP contribution in [0.2, 0.25) is 0 Å². The van der Waals surface area contributed by atoms with Crippen molar-refractivity contribution >= 4 is 39.2 Å². The van der Waals surface area contributed by atoms with Gasteiger partial charge < -0.3 is 5.32 Å². The number of nitrogens with zero attached hydrogens (tertiary/aromatic N) is 2. The van der Waals surface area contributed by atoms with E-state index in [-0.39, 0.29) is 22.3 Å². The number of thioether (sulfide) groups is 1. The van der Waals surface area contributed by atoms with Crippen molar-refractivity contribution < 1.29 is 4.79 Å². The first-order valence-electron chi connectivity index (χ1n) is 9.95. The van der Waals surface area contributed by atoms with Crippen LogP contribution >= 0.6 is 23.1 Å². The summed E-state index contributed by atoms with van der Waals surface area (Å²) in [5, 5.41) is 3.80. The van der Waals surface area contributed by atoms with Gasteiger partial charge in [-0.25, -0.2) is 4.98 Å². The van der Waals surface area contributed by atoms with Gasteiger partial charge in [0.25, 0.3) is 5.56 Å². The normalized spacial score (nSPS) is 12.7. The van der Waals surface area contributed by atoms with Crippen LogP contribution in [0.5, 0.6) is 0 Å². The number of benzene rings is 1. The van der Waals surface area contributed by atoms with Crippen molar-refractivity contribution in [3.8, 4) is 10.4 Å². The molecule has 0 saturated carbocycles. The number of fused-ring (bicyclic) bond motifs is 1. The predicted octanol–water partition coefficient (Wildman–Crippen LogP) is 5.10. The second kappa shape index (κ2) is 9.18. The standard InChI is InChI=1S/C23H27N3O2S2/c1-6-13-26-21(28)17-14-18(16-11-9-8-10-12-16)30-20(17)24-22(26)29-15(3)19(27)25-23(4,5)7-2/h6,8-12,14-15H,1,7,13H2,2-5H3,(H,25,27). The Morgan fingerprint density at radius 2 is 2.07 bits per heavy atom. The van der Waals surface area contributed by atoms with Crippen molar-refractivity contribution in [3.63, 3.8) is 0 Å². The molecular formula is C23H27N3O2S2. The maximum atomic E-state index is 13.2. The molecule has 0 spiro atoms. The zero-order valence-corrected chi connectivity index (χ0v) is 19.4. The average molecular weight is 442 g/mol. The highest BCUT2D eigenvalue weighted by molar-refractivity contribution is 8.00. The van der Waals surface area contributed by atoms with Crippen molar-refractivity contribution in [2.24, 2.45) is 0 Å². The lowest BCUT2D eigenvalue weighted by molar-refractivity contribution is -0.121. The molecule has 7 heteroatoms. The van der Waals surface area contributed by atoms with Gasteiger partial charge in [0.1, 0.15) is 4.83 Å². The van der Waals surface area contributed by atoms with Crippen LogP contribution < -0.4 is 10.9 Å². The molecule has 30 heavy (non-hydrogen) atoms. The smallest absolute Gasteiger partial charge is 0.263 e. The number of carbonyl (C=O) groups is 1. The number of aromatic nitrogens is 2. The van der Waals surface area contributed by atoms with Gasteiger partial charge in [0.05, 0.1) is 10.6 Å². The topological polar surface area (TPSA) is 64.0 Å². The molecule has 1 unspecified atom stereocenters. The van der Waals surface area contributed by atoms with Gasteiger partial charge in [-0.3, -0.25) is 14.2 Å². The van der Waals surface area contributed by atoms with Crippen LogP contribution in [0.15, 0.2) is 59.0 Å². The predicted molar refractivity (Wildman–Crippen MR) is 127 cm³/mol. The Balaban J connectivity index is 1.99. The summed E-state index contributed by atoms with van der Waals surface area (Å²) in [4.78, 5) is 32.3. The average Bonchev–Trinajstić information content (AvgIpc) is 3.15. The third-order valence-corrected chi connectivity index (χ3v) is 7.15. The van der Waals surface area contributed by atoms with E-state index in [1.54, 1.807) is 10.6 Å². The largest absolute Gasteiger partial charge is 0.350 e. The molecule has 0 aliphatic heterocycles. The molecular weight excluding hydrogens is 414 g/mol. The highest BCUT2D eigenvalue weighted by Crippen LogP contribution is 2.32. The van der Waals surface area contributed by atoms with Crippen molar-refractivity contribution in [1.29, 1.82) is 0 Å². The van der Waals surface area contributed by atoms with Crippen LogP contribution in [0, 0.1) is 0 Å². The third-order valence-electron chi connectivity index (χ3n) is 4.98. The van der Waals surface area contributed by atoms with Gasteiger partial charge in [0.15, 0.2) is 5.16 Å². The Hall–Kier alpha value is -2.38. The summed E-state index contributed by atoms with van der Waals surface area (Å²) < 4.78 is 1.59. The molecule has 0 aliphatic carbocycles. The lowest BCUT2D eigenvalue weighted by atomic mass is 10.0. The lowest BCUT2D eigenvalue weighted by Crippen LogP contribution is -2.46. The molecule has 0 saturated heterocycles. The van der Waals surface area contributed by atoms with E-state index in [2.05, 4.69) is 11.9 Å². The molecule has 3 rings (SSSR count). The quantitative estimate of drug-likeness (QED) is 0.300. The fraction of sp³-hybridized carbons (Fsp3) is 0.348. The SMILES string of the molecule is C=CCn1c(SC(C)C(=O)NC(C)(C)CC)nc2sc(-c3ccccc3)cc2c1=O. The Morgan fingerprint density at radius 1 is 1.37 bits per heavy atom. The van der Waals surface area contributed by atoms with Gasteiger partial charge in [0.2, 0.25) is 5.91 Å². The van der Waals surface area contributed by atoms with Gasteiger partial charge in [-0.2, -0.15) is 0 Å². The number of allylic oxidation sites excluding steroid dienone is 1. The summed E-state index contributed by atoms with van der Waals surface area (Å²) in [6.45, 7) is 12.0. The minimum Gasteiger partial charge on any atom is -0.350 e. The van der Waals surface area contributed by atoms with Crippen LogP contribution in [0.3, 0.4) is 0 Å².